The average Bonchev–Trinajstić information content (AvgIpc) is 3.15. The van der Waals surface area contributed by atoms with Gasteiger partial charge in [-0.15, -0.1) is 0 Å². The van der Waals surface area contributed by atoms with E-state index >= 15 is 0 Å². The largest absolute Gasteiger partial charge is 0.493 e. The Morgan fingerprint density at radius 3 is 2.43 bits per heavy atom. The van der Waals surface area contributed by atoms with E-state index in [0.717, 1.165) is 11.4 Å². The zero-order valence-electron chi connectivity index (χ0n) is 16.9. The number of hydrogen-bond acceptors (Lipinski definition) is 6. The summed E-state index contributed by atoms with van der Waals surface area (Å²) < 4.78 is 12.0. The van der Waals surface area contributed by atoms with Crippen LogP contribution in [0.25, 0.3) is 5.69 Å². The molecular weight excluding hydrogens is 388 g/mol. The van der Waals surface area contributed by atoms with Crippen LogP contribution in [0, 0.1) is 17.0 Å². The van der Waals surface area contributed by atoms with E-state index in [-0.39, 0.29) is 36.0 Å². The Morgan fingerprint density at radius 1 is 1.13 bits per heavy atom. The molecule has 3 rings (SSSR count). The lowest BCUT2D eigenvalue weighted by molar-refractivity contribution is -0.385. The fourth-order valence-electron chi connectivity index (χ4n) is 3.10. The smallest absolute Gasteiger partial charge is 0.276 e. The predicted molar refractivity (Wildman–Crippen MR) is 111 cm³/mol. The first-order valence-corrected chi connectivity index (χ1v) is 9.24. The number of para-hydroxylation sites is 1. The lowest BCUT2D eigenvalue weighted by Gasteiger charge is -2.11. The molecule has 9 nitrogen and oxygen atoms in total. The highest BCUT2D eigenvalue weighted by molar-refractivity contribution is 5.92. The van der Waals surface area contributed by atoms with Crippen molar-refractivity contribution in [3.05, 3.63) is 75.6 Å². The standard InChI is InChI=1S/C21H22N4O5/c1-14-11-17(23-24(14)16-7-5-4-6-8-16)21(26)22-10-9-15-12-19(29-2)20(30-3)13-18(15)25(27)28/h4-8,11-13H,9-10H2,1-3H3,(H,22,26). The molecule has 1 amide bonds. The second-order valence-electron chi connectivity index (χ2n) is 6.52. The summed E-state index contributed by atoms with van der Waals surface area (Å²) in [5, 5.41) is 18.5. The molecule has 0 unspecified atom stereocenters. The molecule has 156 valence electrons. The van der Waals surface area contributed by atoms with Gasteiger partial charge >= 0.3 is 0 Å². The summed E-state index contributed by atoms with van der Waals surface area (Å²) in [6, 6.07) is 14.1. The molecule has 1 heterocycles. The Hall–Kier alpha value is -3.88. The summed E-state index contributed by atoms with van der Waals surface area (Å²) in [6.45, 7) is 2.07. The van der Waals surface area contributed by atoms with E-state index in [0.29, 0.717) is 11.3 Å². The second-order valence-corrected chi connectivity index (χ2v) is 6.52. The van der Waals surface area contributed by atoms with Gasteiger partial charge in [0.05, 0.1) is 30.9 Å². The third-order valence-electron chi connectivity index (χ3n) is 4.58. The van der Waals surface area contributed by atoms with Crippen LogP contribution in [0.5, 0.6) is 11.5 Å². The molecular formula is C21H22N4O5. The van der Waals surface area contributed by atoms with Crippen molar-refractivity contribution in [3.8, 4) is 17.2 Å². The number of amides is 1. The molecule has 0 aliphatic rings. The Labute approximate surface area is 173 Å². The molecule has 0 fully saturated rings. The van der Waals surface area contributed by atoms with Crippen LogP contribution in [0.3, 0.4) is 0 Å². The number of benzene rings is 2. The van der Waals surface area contributed by atoms with Crippen LogP contribution < -0.4 is 14.8 Å². The van der Waals surface area contributed by atoms with Gasteiger partial charge in [-0.3, -0.25) is 14.9 Å². The van der Waals surface area contributed by atoms with Crippen molar-refractivity contribution in [1.29, 1.82) is 0 Å². The first-order chi connectivity index (χ1) is 14.4. The quantitative estimate of drug-likeness (QED) is 0.452. The number of aromatic nitrogens is 2. The van der Waals surface area contributed by atoms with Gasteiger partial charge in [0.2, 0.25) is 0 Å². The number of nitro benzene ring substituents is 1. The lowest BCUT2D eigenvalue weighted by Crippen LogP contribution is -2.26. The van der Waals surface area contributed by atoms with Gasteiger partial charge < -0.3 is 14.8 Å². The van der Waals surface area contributed by atoms with Gasteiger partial charge in [0.15, 0.2) is 17.2 Å². The number of hydrogen-bond donors (Lipinski definition) is 1. The first-order valence-electron chi connectivity index (χ1n) is 9.24. The number of nitrogens with one attached hydrogen (secondary N) is 1. The molecule has 0 radical (unpaired) electrons. The van der Waals surface area contributed by atoms with Crippen molar-refractivity contribution in [3.63, 3.8) is 0 Å². The highest BCUT2D eigenvalue weighted by Gasteiger charge is 2.20. The topological polar surface area (TPSA) is 109 Å². The first kappa shape index (κ1) is 20.8. The van der Waals surface area contributed by atoms with Crippen LogP contribution in [0.4, 0.5) is 5.69 Å². The van der Waals surface area contributed by atoms with Gasteiger partial charge in [0.25, 0.3) is 11.6 Å². The SMILES string of the molecule is COc1cc(CCNC(=O)c2cc(C)n(-c3ccccc3)n2)c([N+](=O)[O-])cc1OC. The number of methoxy groups -OCH3 is 2. The van der Waals surface area contributed by atoms with E-state index in [9.17, 15) is 14.9 Å². The summed E-state index contributed by atoms with van der Waals surface area (Å²) in [6.07, 6.45) is 0.251. The van der Waals surface area contributed by atoms with Crippen LogP contribution in [0.15, 0.2) is 48.5 Å². The van der Waals surface area contributed by atoms with Gasteiger partial charge in [-0.2, -0.15) is 5.10 Å². The van der Waals surface area contributed by atoms with Gasteiger partial charge in [-0.1, -0.05) is 18.2 Å². The minimum Gasteiger partial charge on any atom is -0.493 e. The summed E-state index contributed by atoms with van der Waals surface area (Å²) in [5.74, 6) is 0.316. The summed E-state index contributed by atoms with van der Waals surface area (Å²) in [4.78, 5) is 23.4. The molecule has 0 bridgehead atoms. The lowest BCUT2D eigenvalue weighted by atomic mass is 10.1. The van der Waals surface area contributed by atoms with Crippen molar-refractivity contribution >= 4 is 11.6 Å². The Kier molecular flexibility index (Phi) is 6.31. The zero-order valence-corrected chi connectivity index (χ0v) is 16.9. The Morgan fingerprint density at radius 2 is 1.80 bits per heavy atom. The maximum atomic E-state index is 12.5. The van der Waals surface area contributed by atoms with E-state index in [4.69, 9.17) is 9.47 Å². The minimum absolute atomic E-state index is 0.0916. The van der Waals surface area contributed by atoms with E-state index in [1.807, 2.05) is 37.3 Å². The number of carbonyl (C=O) groups excluding carboxylic acids is 1. The maximum Gasteiger partial charge on any atom is 0.276 e. The van der Waals surface area contributed by atoms with Crippen molar-refractivity contribution < 1.29 is 19.2 Å². The minimum atomic E-state index is -0.482. The number of nitro groups is 1. The number of aryl methyl sites for hydroxylation is 1. The van der Waals surface area contributed by atoms with Crippen LogP contribution >= 0.6 is 0 Å². The summed E-state index contributed by atoms with van der Waals surface area (Å²) in [5.41, 5.74) is 2.30. The Balaban J connectivity index is 1.71. The summed E-state index contributed by atoms with van der Waals surface area (Å²) in [7, 11) is 2.87. The number of ether oxygens (including phenoxy) is 2. The van der Waals surface area contributed by atoms with Crippen LogP contribution in [0.2, 0.25) is 0 Å². The number of carbonyl (C=O) groups is 1. The predicted octanol–water partition coefficient (Wildman–Crippen LogP) is 3.08. The molecule has 0 saturated heterocycles. The molecule has 0 aliphatic heterocycles. The number of rotatable bonds is 8. The van der Waals surface area contributed by atoms with E-state index in [1.54, 1.807) is 16.8 Å². The van der Waals surface area contributed by atoms with Crippen molar-refractivity contribution in [2.45, 2.75) is 13.3 Å². The molecule has 3 aromatic rings. The van der Waals surface area contributed by atoms with Crippen molar-refractivity contribution in [2.24, 2.45) is 0 Å². The normalized spacial score (nSPS) is 10.5. The highest BCUT2D eigenvalue weighted by atomic mass is 16.6. The molecule has 9 heteroatoms. The molecule has 30 heavy (non-hydrogen) atoms. The molecule has 0 spiro atoms. The molecule has 0 aliphatic carbocycles. The van der Waals surface area contributed by atoms with Gasteiger partial charge in [0, 0.05) is 17.8 Å². The maximum absolute atomic E-state index is 12.5. The molecule has 0 saturated carbocycles. The fourth-order valence-corrected chi connectivity index (χ4v) is 3.10. The summed E-state index contributed by atoms with van der Waals surface area (Å²) >= 11 is 0. The highest BCUT2D eigenvalue weighted by Crippen LogP contribution is 2.34. The molecule has 1 aromatic heterocycles. The van der Waals surface area contributed by atoms with Gasteiger partial charge in [-0.25, -0.2) is 4.68 Å². The average molecular weight is 410 g/mol. The number of nitrogens with zero attached hydrogens (tertiary/aromatic N) is 3. The van der Waals surface area contributed by atoms with Crippen molar-refractivity contribution in [2.75, 3.05) is 20.8 Å². The van der Waals surface area contributed by atoms with E-state index in [1.165, 1.54) is 20.3 Å². The molecule has 1 N–H and O–H groups in total. The van der Waals surface area contributed by atoms with Gasteiger partial charge in [0.1, 0.15) is 0 Å². The third kappa shape index (κ3) is 4.40. The van der Waals surface area contributed by atoms with Crippen molar-refractivity contribution in [1.82, 2.24) is 15.1 Å². The van der Waals surface area contributed by atoms with E-state index < -0.39 is 4.92 Å². The second kappa shape index (κ2) is 9.08. The zero-order chi connectivity index (χ0) is 21.7. The molecule has 2 aromatic carbocycles. The van der Waals surface area contributed by atoms with Crippen LogP contribution in [0.1, 0.15) is 21.7 Å². The van der Waals surface area contributed by atoms with Crippen LogP contribution in [-0.2, 0) is 6.42 Å². The fraction of sp³-hybridized carbons (Fsp3) is 0.238. The Bertz CT molecular complexity index is 1060. The molecule has 0 atom stereocenters. The van der Waals surface area contributed by atoms with Crippen LogP contribution in [-0.4, -0.2) is 41.4 Å². The van der Waals surface area contributed by atoms with E-state index in [2.05, 4.69) is 10.4 Å². The monoisotopic (exact) mass is 410 g/mol. The third-order valence-corrected chi connectivity index (χ3v) is 4.58. The van der Waals surface area contributed by atoms with Gasteiger partial charge in [-0.05, 0) is 37.6 Å².